The molecule has 0 N–H and O–H groups in total. The summed E-state index contributed by atoms with van der Waals surface area (Å²) in [7, 11) is 0. The Hall–Kier alpha value is -2.56. The van der Waals surface area contributed by atoms with Gasteiger partial charge in [-0.05, 0) is 30.0 Å². The Balaban J connectivity index is 2.16. The zero-order valence-electron chi connectivity index (χ0n) is 12.7. The van der Waals surface area contributed by atoms with Crippen LogP contribution in [0.25, 0.3) is 10.9 Å². The van der Waals surface area contributed by atoms with Crippen LogP contribution in [-0.4, -0.2) is 19.5 Å². The molecule has 0 saturated carbocycles. The lowest BCUT2D eigenvalue weighted by molar-refractivity contribution is 0.440. The molecule has 0 bridgehead atoms. The fourth-order valence-electron chi connectivity index (χ4n) is 2.63. The molecule has 0 saturated heterocycles. The van der Waals surface area contributed by atoms with Crippen LogP contribution in [0.4, 0.5) is 0 Å². The Labute approximate surface area is 128 Å². The number of rotatable bonds is 4. The second-order valence-corrected chi connectivity index (χ2v) is 5.78. The normalized spacial score (nSPS) is 12.7. The molecule has 0 aliphatic heterocycles. The fourth-order valence-corrected chi connectivity index (χ4v) is 2.63. The summed E-state index contributed by atoms with van der Waals surface area (Å²) in [5.74, 6) is 0.446. The molecule has 3 heterocycles. The van der Waals surface area contributed by atoms with E-state index >= 15 is 0 Å². The molecule has 0 spiro atoms. The van der Waals surface area contributed by atoms with Gasteiger partial charge in [-0.15, -0.1) is 0 Å². The van der Waals surface area contributed by atoms with Gasteiger partial charge in [0, 0.05) is 24.8 Å². The molecule has 3 aromatic rings. The van der Waals surface area contributed by atoms with Crippen LogP contribution < -0.4 is 5.56 Å². The van der Waals surface area contributed by atoms with Crippen LogP contribution in [0.2, 0.25) is 0 Å². The van der Waals surface area contributed by atoms with E-state index in [1.165, 1.54) is 0 Å². The average molecular weight is 294 g/mol. The third-order valence-electron chi connectivity index (χ3n) is 3.68. The zero-order chi connectivity index (χ0) is 15.5. The van der Waals surface area contributed by atoms with Gasteiger partial charge in [-0.2, -0.15) is 0 Å². The summed E-state index contributed by atoms with van der Waals surface area (Å²) < 4.78 is 1.70. The molecule has 0 radical (unpaired) electrons. The van der Waals surface area contributed by atoms with Crippen molar-refractivity contribution in [3.63, 3.8) is 0 Å². The van der Waals surface area contributed by atoms with E-state index in [1.807, 2.05) is 18.3 Å². The first-order valence-electron chi connectivity index (χ1n) is 7.37. The van der Waals surface area contributed by atoms with Gasteiger partial charge in [-0.25, -0.2) is 4.98 Å². The second kappa shape index (κ2) is 6.05. The lowest BCUT2D eigenvalue weighted by atomic mass is 9.98. The van der Waals surface area contributed by atoms with E-state index in [2.05, 4.69) is 28.8 Å². The van der Waals surface area contributed by atoms with E-state index < -0.39 is 0 Å². The molecule has 5 heteroatoms. The minimum absolute atomic E-state index is 0.0624. The van der Waals surface area contributed by atoms with Crippen molar-refractivity contribution in [1.29, 1.82) is 0 Å². The van der Waals surface area contributed by atoms with Crippen LogP contribution in [0, 0.1) is 5.92 Å². The average Bonchev–Trinajstić information content (AvgIpc) is 2.54. The van der Waals surface area contributed by atoms with E-state index in [0.717, 1.165) is 12.0 Å². The lowest BCUT2D eigenvalue weighted by Gasteiger charge is -2.21. The van der Waals surface area contributed by atoms with E-state index in [9.17, 15) is 4.79 Å². The fraction of sp³-hybridized carbons (Fsp3) is 0.294. The smallest absolute Gasteiger partial charge is 0.263 e. The van der Waals surface area contributed by atoms with Crippen molar-refractivity contribution in [2.75, 3.05) is 0 Å². The summed E-state index contributed by atoms with van der Waals surface area (Å²) in [6.07, 6.45) is 9.25. The van der Waals surface area contributed by atoms with Crippen LogP contribution in [0.15, 0.2) is 54.1 Å². The van der Waals surface area contributed by atoms with Crippen LogP contribution in [-0.2, 0) is 0 Å². The van der Waals surface area contributed by atoms with Gasteiger partial charge >= 0.3 is 0 Å². The maximum absolute atomic E-state index is 12.8. The van der Waals surface area contributed by atoms with Gasteiger partial charge < -0.3 is 0 Å². The van der Waals surface area contributed by atoms with Crippen molar-refractivity contribution >= 4 is 10.9 Å². The third-order valence-corrected chi connectivity index (χ3v) is 3.68. The van der Waals surface area contributed by atoms with E-state index in [1.54, 1.807) is 35.6 Å². The molecular weight excluding hydrogens is 276 g/mol. The Morgan fingerprint density at radius 3 is 2.68 bits per heavy atom. The number of nitrogens with zero attached hydrogens (tertiary/aromatic N) is 4. The molecule has 112 valence electrons. The van der Waals surface area contributed by atoms with Gasteiger partial charge in [0.05, 0.1) is 23.3 Å². The van der Waals surface area contributed by atoms with Crippen LogP contribution in [0.1, 0.15) is 31.9 Å². The maximum atomic E-state index is 12.8. The number of fused-ring (bicyclic) bond motifs is 1. The van der Waals surface area contributed by atoms with Crippen molar-refractivity contribution in [3.8, 4) is 0 Å². The SMILES string of the molecule is CC(C)CC(c1cccnc1)n1cnc2ccncc2c1=O. The number of aromatic nitrogens is 4. The van der Waals surface area contributed by atoms with Crippen molar-refractivity contribution in [3.05, 3.63) is 65.2 Å². The summed E-state index contributed by atoms with van der Waals surface area (Å²) in [4.78, 5) is 25.4. The molecule has 0 aliphatic rings. The Kier molecular flexibility index (Phi) is 3.96. The number of hydrogen-bond acceptors (Lipinski definition) is 4. The summed E-state index contributed by atoms with van der Waals surface area (Å²) >= 11 is 0. The molecule has 5 nitrogen and oxygen atoms in total. The summed E-state index contributed by atoms with van der Waals surface area (Å²) in [6, 6.07) is 5.57. The van der Waals surface area contributed by atoms with Gasteiger partial charge in [0.15, 0.2) is 0 Å². The summed E-state index contributed by atoms with van der Waals surface area (Å²) in [5, 5.41) is 0.544. The standard InChI is InChI=1S/C17H18N4O/c1-12(2)8-16(13-4-3-6-18-9-13)21-11-20-15-5-7-19-10-14(15)17(21)22/h3-7,9-12,16H,8H2,1-2H3. The van der Waals surface area contributed by atoms with Gasteiger partial charge in [0.2, 0.25) is 0 Å². The molecule has 0 aliphatic carbocycles. The Morgan fingerprint density at radius 1 is 1.14 bits per heavy atom. The predicted octanol–water partition coefficient (Wildman–Crippen LogP) is 2.82. The van der Waals surface area contributed by atoms with E-state index in [0.29, 0.717) is 16.8 Å². The van der Waals surface area contributed by atoms with Crippen LogP contribution >= 0.6 is 0 Å². The predicted molar refractivity (Wildman–Crippen MR) is 85.6 cm³/mol. The monoisotopic (exact) mass is 294 g/mol. The zero-order valence-corrected chi connectivity index (χ0v) is 12.7. The van der Waals surface area contributed by atoms with E-state index in [-0.39, 0.29) is 11.6 Å². The molecule has 3 aromatic heterocycles. The largest absolute Gasteiger partial charge is 0.291 e. The number of pyridine rings is 2. The summed E-state index contributed by atoms with van der Waals surface area (Å²) in [6.45, 7) is 4.29. The molecule has 1 unspecified atom stereocenters. The van der Waals surface area contributed by atoms with Crippen molar-refractivity contribution in [1.82, 2.24) is 19.5 Å². The maximum Gasteiger partial charge on any atom is 0.263 e. The highest BCUT2D eigenvalue weighted by molar-refractivity contribution is 5.75. The first-order chi connectivity index (χ1) is 10.7. The summed E-state index contributed by atoms with van der Waals surface area (Å²) in [5.41, 5.74) is 1.63. The van der Waals surface area contributed by atoms with Crippen LogP contribution in [0.5, 0.6) is 0 Å². The molecular formula is C17H18N4O. The van der Waals surface area contributed by atoms with Gasteiger partial charge in [0.25, 0.3) is 5.56 Å². The molecule has 0 fully saturated rings. The lowest BCUT2D eigenvalue weighted by Crippen LogP contribution is -2.27. The van der Waals surface area contributed by atoms with Gasteiger partial charge in [-0.1, -0.05) is 19.9 Å². The second-order valence-electron chi connectivity index (χ2n) is 5.78. The van der Waals surface area contributed by atoms with Crippen molar-refractivity contribution in [2.45, 2.75) is 26.3 Å². The third kappa shape index (κ3) is 2.74. The Bertz CT molecular complexity index is 827. The highest BCUT2D eigenvalue weighted by Gasteiger charge is 2.18. The van der Waals surface area contributed by atoms with Crippen molar-refractivity contribution < 1.29 is 0 Å². The molecule has 3 rings (SSSR count). The first-order valence-corrected chi connectivity index (χ1v) is 7.37. The van der Waals surface area contributed by atoms with Gasteiger partial charge in [0.1, 0.15) is 0 Å². The van der Waals surface area contributed by atoms with E-state index in [4.69, 9.17) is 0 Å². The molecule has 0 amide bonds. The first kappa shape index (κ1) is 14.4. The number of hydrogen-bond donors (Lipinski definition) is 0. The quantitative estimate of drug-likeness (QED) is 0.742. The minimum Gasteiger partial charge on any atom is -0.291 e. The molecule has 0 aromatic carbocycles. The molecule has 1 atom stereocenters. The van der Waals surface area contributed by atoms with Gasteiger partial charge in [-0.3, -0.25) is 19.3 Å². The minimum atomic E-state index is -0.0710. The topological polar surface area (TPSA) is 60.7 Å². The Morgan fingerprint density at radius 2 is 1.95 bits per heavy atom. The van der Waals surface area contributed by atoms with Crippen LogP contribution in [0.3, 0.4) is 0 Å². The molecule has 22 heavy (non-hydrogen) atoms. The highest BCUT2D eigenvalue weighted by atomic mass is 16.1. The van der Waals surface area contributed by atoms with Crippen molar-refractivity contribution in [2.24, 2.45) is 5.92 Å². The highest BCUT2D eigenvalue weighted by Crippen LogP contribution is 2.24.